The molecule has 0 fully saturated rings. The lowest BCUT2D eigenvalue weighted by atomic mass is 10.1. The zero-order chi connectivity index (χ0) is 16.3. The molecule has 0 spiro atoms. The van der Waals surface area contributed by atoms with Gasteiger partial charge in [0.25, 0.3) is 11.6 Å². The van der Waals surface area contributed by atoms with Gasteiger partial charge < -0.3 is 5.32 Å². The summed E-state index contributed by atoms with van der Waals surface area (Å²) in [6.07, 6.45) is 1.68. The maximum absolute atomic E-state index is 12.2. The van der Waals surface area contributed by atoms with E-state index in [2.05, 4.69) is 10.4 Å². The number of benzene rings is 1. The van der Waals surface area contributed by atoms with Crippen molar-refractivity contribution >= 4 is 23.2 Å². The minimum Gasteiger partial charge on any atom is -0.348 e. The largest absolute Gasteiger partial charge is 0.348 e. The van der Waals surface area contributed by atoms with Gasteiger partial charge in [0.05, 0.1) is 11.1 Å². The Hall–Kier alpha value is -2.41. The fourth-order valence-electron chi connectivity index (χ4n) is 2.10. The predicted octanol–water partition coefficient (Wildman–Crippen LogP) is 2.70. The van der Waals surface area contributed by atoms with Crippen molar-refractivity contribution in [3.63, 3.8) is 0 Å². The molecule has 0 aliphatic carbocycles. The highest BCUT2D eigenvalue weighted by atomic mass is 35.5. The van der Waals surface area contributed by atoms with Gasteiger partial charge in [-0.2, -0.15) is 5.10 Å². The monoisotopic (exact) mass is 322 g/mol. The third kappa shape index (κ3) is 3.25. The van der Waals surface area contributed by atoms with Crippen LogP contribution in [0.5, 0.6) is 0 Å². The van der Waals surface area contributed by atoms with Crippen LogP contribution in [0.25, 0.3) is 0 Å². The maximum atomic E-state index is 12.2. The summed E-state index contributed by atoms with van der Waals surface area (Å²) < 4.78 is 1.81. The number of aromatic nitrogens is 2. The highest BCUT2D eigenvalue weighted by Gasteiger charge is 2.20. The predicted molar refractivity (Wildman–Crippen MR) is 81.9 cm³/mol. The van der Waals surface area contributed by atoms with Crippen molar-refractivity contribution in [1.82, 2.24) is 15.1 Å². The first kappa shape index (κ1) is 16.0. The molecule has 0 unspecified atom stereocenters. The van der Waals surface area contributed by atoms with E-state index in [1.54, 1.807) is 6.20 Å². The second-order valence-electron chi connectivity index (χ2n) is 4.67. The number of nitrogens with one attached hydrogen (secondary N) is 1. The molecule has 1 heterocycles. The topological polar surface area (TPSA) is 90.1 Å². The zero-order valence-electron chi connectivity index (χ0n) is 12.2. The minimum absolute atomic E-state index is 0.0186. The fourth-order valence-corrected chi connectivity index (χ4v) is 2.26. The number of nitro benzene ring substituents is 1. The van der Waals surface area contributed by atoms with E-state index in [9.17, 15) is 14.9 Å². The van der Waals surface area contributed by atoms with E-state index in [0.29, 0.717) is 0 Å². The van der Waals surface area contributed by atoms with E-state index in [0.717, 1.165) is 23.9 Å². The van der Waals surface area contributed by atoms with Crippen LogP contribution in [-0.4, -0.2) is 20.6 Å². The summed E-state index contributed by atoms with van der Waals surface area (Å²) in [7, 11) is 0. The molecule has 1 amide bonds. The molecule has 116 valence electrons. The Bertz CT molecular complexity index is 727. The van der Waals surface area contributed by atoms with Gasteiger partial charge in [0.15, 0.2) is 0 Å². The Labute approximate surface area is 132 Å². The quantitative estimate of drug-likeness (QED) is 0.677. The number of amides is 1. The Morgan fingerprint density at radius 1 is 1.50 bits per heavy atom. The second kappa shape index (κ2) is 6.57. The lowest BCUT2D eigenvalue weighted by Crippen LogP contribution is -2.24. The van der Waals surface area contributed by atoms with Crippen LogP contribution >= 0.6 is 11.6 Å². The number of carbonyl (C=O) groups excluding carboxylic acids is 1. The van der Waals surface area contributed by atoms with Gasteiger partial charge in [-0.3, -0.25) is 19.6 Å². The van der Waals surface area contributed by atoms with E-state index in [1.807, 2.05) is 18.5 Å². The van der Waals surface area contributed by atoms with Crippen molar-refractivity contribution in [2.24, 2.45) is 0 Å². The van der Waals surface area contributed by atoms with Crippen molar-refractivity contribution < 1.29 is 9.72 Å². The Morgan fingerprint density at radius 2 is 2.23 bits per heavy atom. The van der Waals surface area contributed by atoms with Gasteiger partial charge in [-0.1, -0.05) is 11.6 Å². The summed E-state index contributed by atoms with van der Waals surface area (Å²) in [6.45, 7) is 4.87. The average molecular weight is 323 g/mol. The first-order chi connectivity index (χ1) is 10.4. The van der Waals surface area contributed by atoms with Crippen LogP contribution in [0.3, 0.4) is 0 Å². The molecular formula is C14H15ClN4O3. The van der Waals surface area contributed by atoms with Crippen molar-refractivity contribution in [2.75, 3.05) is 0 Å². The third-order valence-electron chi connectivity index (χ3n) is 3.34. The van der Waals surface area contributed by atoms with Crippen molar-refractivity contribution in [3.05, 3.63) is 56.4 Å². The lowest BCUT2D eigenvalue weighted by Gasteiger charge is -2.06. The van der Waals surface area contributed by atoms with E-state index in [4.69, 9.17) is 11.6 Å². The Balaban J connectivity index is 2.16. The molecule has 0 saturated carbocycles. The molecule has 7 nitrogen and oxygen atoms in total. The molecule has 22 heavy (non-hydrogen) atoms. The van der Waals surface area contributed by atoms with Gasteiger partial charge in [0.2, 0.25) is 0 Å². The minimum atomic E-state index is -0.624. The van der Waals surface area contributed by atoms with E-state index < -0.39 is 10.8 Å². The summed E-state index contributed by atoms with van der Waals surface area (Å²) >= 11 is 5.73. The van der Waals surface area contributed by atoms with Gasteiger partial charge in [-0.25, -0.2) is 0 Å². The zero-order valence-corrected chi connectivity index (χ0v) is 12.9. The van der Waals surface area contributed by atoms with Crippen LogP contribution in [0.15, 0.2) is 24.4 Å². The first-order valence-corrected chi connectivity index (χ1v) is 7.05. The van der Waals surface area contributed by atoms with E-state index in [-0.39, 0.29) is 22.8 Å². The van der Waals surface area contributed by atoms with Gasteiger partial charge in [-0.15, -0.1) is 0 Å². The molecule has 1 aromatic carbocycles. The van der Waals surface area contributed by atoms with Crippen LogP contribution in [-0.2, 0) is 13.1 Å². The maximum Gasteiger partial charge on any atom is 0.283 e. The number of nitrogens with zero attached hydrogens (tertiary/aromatic N) is 3. The first-order valence-electron chi connectivity index (χ1n) is 6.67. The molecule has 8 heteroatoms. The highest BCUT2D eigenvalue weighted by Crippen LogP contribution is 2.23. The van der Waals surface area contributed by atoms with Gasteiger partial charge in [-0.05, 0) is 26.0 Å². The Kier molecular flexibility index (Phi) is 4.77. The smallest absolute Gasteiger partial charge is 0.283 e. The number of aryl methyl sites for hydroxylation is 1. The standard InChI is InChI=1S/C14H15ClN4O3/c1-3-18-9(2)10(8-17-18)7-16-14(20)12-5-4-11(15)6-13(12)19(21)22/h4-6,8H,3,7H2,1-2H3,(H,16,20). The van der Waals surface area contributed by atoms with Crippen LogP contribution < -0.4 is 5.32 Å². The lowest BCUT2D eigenvalue weighted by molar-refractivity contribution is -0.385. The molecular weight excluding hydrogens is 308 g/mol. The van der Waals surface area contributed by atoms with Crippen LogP contribution in [0, 0.1) is 17.0 Å². The molecule has 0 aliphatic rings. The molecule has 1 N–H and O–H groups in total. The fraction of sp³-hybridized carbons (Fsp3) is 0.286. The third-order valence-corrected chi connectivity index (χ3v) is 3.58. The number of nitro groups is 1. The summed E-state index contributed by atoms with van der Waals surface area (Å²) in [4.78, 5) is 22.5. The van der Waals surface area contributed by atoms with Crippen LogP contribution in [0.4, 0.5) is 5.69 Å². The van der Waals surface area contributed by atoms with Crippen molar-refractivity contribution in [3.8, 4) is 0 Å². The van der Waals surface area contributed by atoms with Crippen LogP contribution in [0.1, 0.15) is 28.5 Å². The van der Waals surface area contributed by atoms with Crippen molar-refractivity contribution in [1.29, 1.82) is 0 Å². The molecule has 0 bridgehead atoms. The molecule has 1 aromatic heterocycles. The van der Waals surface area contributed by atoms with Gasteiger partial charge >= 0.3 is 0 Å². The normalized spacial score (nSPS) is 10.5. The summed E-state index contributed by atoms with van der Waals surface area (Å²) in [5, 5.41) is 18.1. The van der Waals surface area contributed by atoms with Gasteiger partial charge in [0, 0.05) is 35.4 Å². The summed E-state index contributed by atoms with van der Waals surface area (Å²) in [6, 6.07) is 3.96. The number of hydrogen-bond donors (Lipinski definition) is 1. The number of hydrogen-bond acceptors (Lipinski definition) is 4. The van der Waals surface area contributed by atoms with Crippen LogP contribution in [0.2, 0.25) is 5.02 Å². The molecule has 2 aromatic rings. The number of halogens is 1. The average Bonchev–Trinajstić information content (AvgIpc) is 2.84. The summed E-state index contributed by atoms with van der Waals surface area (Å²) in [5.74, 6) is -0.521. The number of carbonyl (C=O) groups is 1. The second-order valence-corrected chi connectivity index (χ2v) is 5.11. The van der Waals surface area contributed by atoms with E-state index >= 15 is 0 Å². The molecule has 2 rings (SSSR count). The highest BCUT2D eigenvalue weighted by molar-refractivity contribution is 6.31. The molecule has 0 aliphatic heterocycles. The molecule has 0 atom stereocenters. The molecule has 0 saturated heterocycles. The Morgan fingerprint density at radius 3 is 2.82 bits per heavy atom. The summed E-state index contributed by atoms with van der Waals surface area (Å²) in [5.41, 5.74) is 1.49. The van der Waals surface area contributed by atoms with Crippen molar-refractivity contribution in [2.45, 2.75) is 26.9 Å². The number of rotatable bonds is 5. The molecule has 0 radical (unpaired) electrons. The van der Waals surface area contributed by atoms with Gasteiger partial charge in [0.1, 0.15) is 5.56 Å². The SMILES string of the molecule is CCn1ncc(CNC(=O)c2ccc(Cl)cc2[N+](=O)[O-])c1C. The van der Waals surface area contributed by atoms with E-state index in [1.165, 1.54) is 12.1 Å².